The average molecular weight is 342 g/mol. The van der Waals surface area contributed by atoms with Crippen LogP contribution in [0.1, 0.15) is 55.9 Å². The van der Waals surface area contributed by atoms with Crippen molar-refractivity contribution >= 4 is 5.91 Å². The van der Waals surface area contributed by atoms with Crippen molar-refractivity contribution in [3.8, 4) is 0 Å². The highest BCUT2D eigenvalue weighted by atomic mass is 16.5. The van der Waals surface area contributed by atoms with E-state index in [1.807, 2.05) is 51.1 Å². The first-order valence-corrected chi connectivity index (χ1v) is 8.94. The number of amides is 1. The van der Waals surface area contributed by atoms with Gasteiger partial charge in [-0.05, 0) is 45.7 Å². The summed E-state index contributed by atoms with van der Waals surface area (Å²) in [6.07, 6.45) is 2.05. The van der Waals surface area contributed by atoms with Crippen LogP contribution in [0.3, 0.4) is 0 Å². The third kappa shape index (κ3) is 4.25. The van der Waals surface area contributed by atoms with Gasteiger partial charge in [-0.1, -0.05) is 35.5 Å². The van der Waals surface area contributed by atoms with Gasteiger partial charge in [0.1, 0.15) is 0 Å². The number of nitrogens with one attached hydrogen (secondary N) is 1. The molecule has 1 aliphatic heterocycles. The molecule has 1 aliphatic rings. The van der Waals surface area contributed by atoms with E-state index in [1.54, 1.807) is 0 Å². The number of hydrogen-bond acceptors (Lipinski definition) is 5. The van der Waals surface area contributed by atoms with E-state index in [0.717, 1.165) is 31.5 Å². The van der Waals surface area contributed by atoms with E-state index < -0.39 is 0 Å². The molecule has 1 aromatic heterocycles. The molecule has 2 heterocycles. The normalized spacial score (nSPS) is 20.8. The average Bonchev–Trinajstić information content (AvgIpc) is 3.08. The fourth-order valence-corrected chi connectivity index (χ4v) is 3.36. The van der Waals surface area contributed by atoms with Crippen molar-refractivity contribution in [3.63, 3.8) is 0 Å². The lowest BCUT2D eigenvalue weighted by Crippen LogP contribution is -2.49. The molecule has 1 fully saturated rings. The van der Waals surface area contributed by atoms with E-state index in [9.17, 15) is 4.79 Å². The smallest absolute Gasteiger partial charge is 0.237 e. The van der Waals surface area contributed by atoms with Crippen LogP contribution in [0.5, 0.6) is 0 Å². The van der Waals surface area contributed by atoms with Crippen molar-refractivity contribution < 1.29 is 9.32 Å². The van der Waals surface area contributed by atoms with Crippen LogP contribution in [0.15, 0.2) is 34.9 Å². The number of rotatable bonds is 5. The van der Waals surface area contributed by atoms with Crippen LogP contribution >= 0.6 is 0 Å². The monoisotopic (exact) mass is 342 g/mol. The van der Waals surface area contributed by atoms with Crippen LogP contribution < -0.4 is 5.32 Å². The Morgan fingerprint density at radius 2 is 2.08 bits per heavy atom. The molecule has 3 atom stereocenters. The van der Waals surface area contributed by atoms with Crippen molar-refractivity contribution in [2.75, 3.05) is 13.1 Å². The van der Waals surface area contributed by atoms with Gasteiger partial charge >= 0.3 is 0 Å². The lowest BCUT2D eigenvalue weighted by Gasteiger charge is -2.35. The maximum atomic E-state index is 12.7. The Balaban J connectivity index is 1.59. The summed E-state index contributed by atoms with van der Waals surface area (Å²) in [6, 6.07) is 9.84. The molecule has 0 aliphatic carbocycles. The first-order valence-electron chi connectivity index (χ1n) is 8.94. The molecule has 1 N–H and O–H groups in total. The molecule has 2 aromatic rings. The summed E-state index contributed by atoms with van der Waals surface area (Å²) in [7, 11) is 0. The van der Waals surface area contributed by atoms with Crippen molar-refractivity contribution in [2.45, 2.75) is 51.6 Å². The Labute approximate surface area is 148 Å². The lowest BCUT2D eigenvalue weighted by molar-refractivity contribution is -0.127. The molecule has 0 radical (unpaired) electrons. The van der Waals surface area contributed by atoms with Crippen LogP contribution in [0, 0.1) is 6.92 Å². The first-order chi connectivity index (χ1) is 12.0. The SMILES string of the molecule is Cc1noc(C2CCCN(C(C)C(=O)NC(C)c3ccccc3)C2)n1. The highest BCUT2D eigenvalue weighted by molar-refractivity contribution is 5.81. The number of benzene rings is 1. The van der Waals surface area contributed by atoms with E-state index in [4.69, 9.17) is 4.52 Å². The molecule has 25 heavy (non-hydrogen) atoms. The van der Waals surface area contributed by atoms with Crippen LogP contribution in [0.2, 0.25) is 0 Å². The van der Waals surface area contributed by atoms with Crippen molar-refractivity contribution in [1.82, 2.24) is 20.4 Å². The summed E-state index contributed by atoms with van der Waals surface area (Å²) >= 11 is 0. The predicted molar refractivity (Wildman–Crippen MR) is 95.0 cm³/mol. The third-order valence-corrected chi connectivity index (χ3v) is 4.93. The molecule has 3 unspecified atom stereocenters. The molecular formula is C19H26N4O2. The first kappa shape index (κ1) is 17.6. The van der Waals surface area contributed by atoms with Gasteiger partial charge in [0.15, 0.2) is 5.82 Å². The largest absolute Gasteiger partial charge is 0.348 e. The number of carbonyl (C=O) groups excluding carboxylic acids is 1. The van der Waals surface area contributed by atoms with Crippen LogP contribution in [0.4, 0.5) is 0 Å². The summed E-state index contributed by atoms with van der Waals surface area (Å²) in [4.78, 5) is 19.2. The zero-order valence-corrected chi connectivity index (χ0v) is 15.1. The van der Waals surface area contributed by atoms with E-state index in [-0.39, 0.29) is 23.9 Å². The zero-order valence-electron chi connectivity index (χ0n) is 15.1. The molecule has 1 amide bonds. The quantitative estimate of drug-likeness (QED) is 0.905. The fraction of sp³-hybridized carbons (Fsp3) is 0.526. The van der Waals surface area contributed by atoms with E-state index in [2.05, 4.69) is 20.4 Å². The molecule has 134 valence electrons. The number of aryl methyl sites for hydroxylation is 1. The van der Waals surface area contributed by atoms with Gasteiger partial charge in [-0.3, -0.25) is 9.69 Å². The Kier molecular flexibility index (Phi) is 5.48. The molecule has 1 saturated heterocycles. The Morgan fingerprint density at radius 3 is 2.76 bits per heavy atom. The van der Waals surface area contributed by atoms with Gasteiger partial charge in [0.05, 0.1) is 18.0 Å². The van der Waals surface area contributed by atoms with Gasteiger partial charge in [0.25, 0.3) is 0 Å². The highest BCUT2D eigenvalue weighted by Gasteiger charge is 2.31. The van der Waals surface area contributed by atoms with Crippen LogP contribution in [-0.2, 0) is 4.79 Å². The number of likely N-dealkylation sites (tertiary alicyclic amines) is 1. The minimum Gasteiger partial charge on any atom is -0.348 e. The lowest BCUT2D eigenvalue weighted by atomic mass is 9.96. The zero-order chi connectivity index (χ0) is 17.8. The Bertz CT molecular complexity index is 700. The van der Waals surface area contributed by atoms with Crippen molar-refractivity contribution in [3.05, 3.63) is 47.6 Å². The van der Waals surface area contributed by atoms with Gasteiger partial charge in [0.2, 0.25) is 11.8 Å². The van der Waals surface area contributed by atoms with Crippen LogP contribution in [0.25, 0.3) is 0 Å². The van der Waals surface area contributed by atoms with Gasteiger partial charge < -0.3 is 9.84 Å². The van der Waals surface area contributed by atoms with Crippen LogP contribution in [-0.4, -0.2) is 40.1 Å². The second kappa shape index (κ2) is 7.78. The maximum absolute atomic E-state index is 12.7. The summed E-state index contributed by atoms with van der Waals surface area (Å²) in [5.41, 5.74) is 1.11. The third-order valence-electron chi connectivity index (χ3n) is 4.93. The van der Waals surface area contributed by atoms with Gasteiger partial charge in [0, 0.05) is 6.54 Å². The minimum absolute atomic E-state index is 0.00433. The highest BCUT2D eigenvalue weighted by Crippen LogP contribution is 2.27. The molecule has 0 saturated carbocycles. The molecule has 0 bridgehead atoms. The number of aromatic nitrogens is 2. The number of nitrogens with zero attached hydrogens (tertiary/aromatic N) is 3. The van der Waals surface area contributed by atoms with Gasteiger partial charge in [-0.25, -0.2) is 0 Å². The standard InChI is InChI=1S/C19H26N4O2/c1-13(16-8-5-4-6-9-16)20-18(24)14(2)23-11-7-10-17(12-23)19-21-15(3)22-25-19/h4-6,8-9,13-14,17H,7,10-12H2,1-3H3,(H,20,24). The summed E-state index contributed by atoms with van der Waals surface area (Å²) in [5, 5.41) is 7.01. The summed E-state index contributed by atoms with van der Waals surface area (Å²) in [6.45, 7) is 7.50. The molecule has 6 nitrogen and oxygen atoms in total. The fourth-order valence-electron chi connectivity index (χ4n) is 3.36. The molecule has 1 aromatic carbocycles. The van der Waals surface area contributed by atoms with Gasteiger partial charge in [-0.2, -0.15) is 4.98 Å². The summed E-state index contributed by atoms with van der Waals surface area (Å²) < 4.78 is 5.33. The van der Waals surface area contributed by atoms with E-state index in [1.165, 1.54) is 0 Å². The predicted octanol–water partition coefficient (Wildman–Crippen LogP) is 2.82. The number of carbonyl (C=O) groups is 1. The topological polar surface area (TPSA) is 71.3 Å². The number of piperidine rings is 1. The second-order valence-electron chi connectivity index (χ2n) is 6.83. The Morgan fingerprint density at radius 1 is 1.32 bits per heavy atom. The van der Waals surface area contributed by atoms with Crippen molar-refractivity contribution in [1.29, 1.82) is 0 Å². The summed E-state index contributed by atoms with van der Waals surface area (Å²) in [5.74, 6) is 1.61. The number of hydrogen-bond donors (Lipinski definition) is 1. The van der Waals surface area contributed by atoms with E-state index in [0.29, 0.717) is 11.7 Å². The van der Waals surface area contributed by atoms with Gasteiger partial charge in [-0.15, -0.1) is 0 Å². The van der Waals surface area contributed by atoms with Crippen molar-refractivity contribution in [2.24, 2.45) is 0 Å². The maximum Gasteiger partial charge on any atom is 0.237 e. The minimum atomic E-state index is -0.182. The molecule has 6 heteroatoms. The molecular weight excluding hydrogens is 316 g/mol. The molecule has 0 spiro atoms. The molecule has 3 rings (SSSR count). The van der Waals surface area contributed by atoms with E-state index >= 15 is 0 Å². The second-order valence-corrected chi connectivity index (χ2v) is 6.83. The Hall–Kier alpha value is -2.21.